The summed E-state index contributed by atoms with van der Waals surface area (Å²) >= 11 is 0. The number of nitriles is 1. The summed E-state index contributed by atoms with van der Waals surface area (Å²) in [6.45, 7) is 10.4. The minimum atomic E-state index is -1.08. The first kappa shape index (κ1) is 18.5. The Hall–Kier alpha value is -2.55. The maximum atomic E-state index is 11.9. The minimum Gasteiger partial charge on any atom is -0.448 e. The van der Waals surface area contributed by atoms with Crippen LogP contribution in [0.1, 0.15) is 37.7 Å². The second kappa shape index (κ2) is 7.63. The number of carbonyl (C=O) groups excluding carboxylic acids is 2. The Balaban J connectivity index is 3.10. The van der Waals surface area contributed by atoms with Gasteiger partial charge in [0.05, 0.1) is 0 Å². The van der Waals surface area contributed by atoms with Crippen molar-refractivity contribution in [2.75, 3.05) is 0 Å². The zero-order valence-corrected chi connectivity index (χ0v) is 14.2. The Morgan fingerprint density at radius 3 is 2.48 bits per heavy atom. The van der Waals surface area contributed by atoms with Crippen LogP contribution in [0.3, 0.4) is 0 Å². The fourth-order valence-corrected chi connectivity index (χ4v) is 2.19. The molecule has 1 aromatic rings. The van der Waals surface area contributed by atoms with Gasteiger partial charge in [-0.2, -0.15) is 5.26 Å². The number of amides is 1. The quantitative estimate of drug-likeness (QED) is 0.493. The van der Waals surface area contributed by atoms with Gasteiger partial charge >= 0.3 is 5.97 Å². The first-order chi connectivity index (χ1) is 10.7. The number of ether oxygens (including phenoxy) is 1. The van der Waals surface area contributed by atoms with Gasteiger partial charge in [0, 0.05) is 17.9 Å². The lowest BCUT2D eigenvalue weighted by Crippen LogP contribution is -2.30. The van der Waals surface area contributed by atoms with Crippen LogP contribution in [0.25, 0.3) is 6.08 Å². The molecule has 6 heteroatoms. The highest BCUT2D eigenvalue weighted by atomic mass is 16.5. The second-order valence-corrected chi connectivity index (χ2v) is 5.95. The highest BCUT2D eigenvalue weighted by Gasteiger charge is 2.19. The van der Waals surface area contributed by atoms with Crippen LogP contribution >= 0.6 is 0 Å². The number of nitrogens with two attached hydrogens (primary N) is 1. The third-order valence-corrected chi connectivity index (χ3v) is 3.49. The zero-order valence-electron chi connectivity index (χ0n) is 14.2. The van der Waals surface area contributed by atoms with E-state index in [1.54, 1.807) is 0 Å². The topological polar surface area (TPSA) is 98.1 Å². The molecule has 0 spiro atoms. The summed E-state index contributed by atoms with van der Waals surface area (Å²) in [6.07, 6.45) is 0.405. The van der Waals surface area contributed by atoms with Crippen LogP contribution in [0.15, 0.2) is 11.6 Å². The number of hydrogen-bond donors (Lipinski definition) is 1. The van der Waals surface area contributed by atoms with Crippen molar-refractivity contribution >= 4 is 18.0 Å². The van der Waals surface area contributed by atoms with Crippen molar-refractivity contribution in [2.45, 2.75) is 47.3 Å². The van der Waals surface area contributed by atoms with Gasteiger partial charge in [0.2, 0.25) is 0 Å². The summed E-state index contributed by atoms with van der Waals surface area (Å²) < 4.78 is 7.01. The lowest BCUT2D eigenvalue weighted by molar-refractivity contribution is -0.149. The molecular weight excluding hydrogens is 294 g/mol. The van der Waals surface area contributed by atoms with Crippen molar-refractivity contribution in [3.8, 4) is 6.07 Å². The number of aromatic nitrogens is 1. The van der Waals surface area contributed by atoms with Gasteiger partial charge in [0.1, 0.15) is 11.6 Å². The molecule has 1 atom stereocenters. The third kappa shape index (κ3) is 4.71. The fourth-order valence-electron chi connectivity index (χ4n) is 2.19. The molecular formula is C17H23N3O3. The molecule has 2 N–H and O–H groups in total. The Kier molecular flexibility index (Phi) is 6.14. The third-order valence-electron chi connectivity index (χ3n) is 3.49. The van der Waals surface area contributed by atoms with E-state index in [2.05, 4.69) is 18.4 Å². The molecule has 124 valence electrons. The van der Waals surface area contributed by atoms with E-state index in [0.29, 0.717) is 5.92 Å². The monoisotopic (exact) mass is 317 g/mol. The summed E-state index contributed by atoms with van der Waals surface area (Å²) in [7, 11) is 0. The molecule has 1 unspecified atom stereocenters. The predicted octanol–water partition coefficient (Wildman–Crippen LogP) is 2.08. The number of carbonyl (C=O) groups is 2. The number of hydrogen-bond acceptors (Lipinski definition) is 4. The molecule has 1 aromatic heterocycles. The Bertz CT molecular complexity index is 678. The zero-order chi connectivity index (χ0) is 17.7. The molecule has 0 aliphatic rings. The Morgan fingerprint density at radius 2 is 2.00 bits per heavy atom. The normalized spacial score (nSPS) is 12.8. The average molecular weight is 317 g/mol. The van der Waals surface area contributed by atoms with E-state index in [1.807, 2.05) is 26.0 Å². The SMILES string of the molecule is Cc1cc(/C=C(\C#N)C(=O)OC(C)C(N)=O)c(C)n1CC(C)C. The summed E-state index contributed by atoms with van der Waals surface area (Å²) in [6, 6.07) is 3.73. The predicted molar refractivity (Wildman–Crippen MR) is 87.1 cm³/mol. The molecule has 0 aliphatic heterocycles. The lowest BCUT2D eigenvalue weighted by atomic mass is 10.1. The van der Waals surface area contributed by atoms with E-state index < -0.39 is 18.0 Å². The van der Waals surface area contributed by atoms with E-state index >= 15 is 0 Å². The highest BCUT2D eigenvalue weighted by Crippen LogP contribution is 2.20. The van der Waals surface area contributed by atoms with Crippen molar-refractivity contribution in [1.29, 1.82) is 5.26 Å². The molecule has 1 amide bonds. The molecule has 6 nitrogen and oxygen atoms in total. The first-order valence-corrected chi connectivity index (χ1v) is 7.46. The van der Waals surface area contributed by atoms with Crippen LogP contribution in [0.2, 0.25) is 0 Å². The summed E-state index contributed by atoms with van der Waals surface area (Å²) in [5.74, 6) is -1.13. The second-order valence-electron chi connectivity index (χ2n) is 5.95. The van der Waals surface area contributed by atoms with Crippen molar-refractivity contribution < 1.29 is 14.3 Å². The number of aryl methyl sites for hydroxylation is 1. The van der Waals surface area contributed by atoms with Crippen LogP contribution in [-0.4, -0.2) is 22.5 Å². The van der Waals surface area contributed by atoms with E-state index in [0.717, 1.165) is 23.5 Å². The minimum absolute atomic E-state index is 0.164. The molecule has 0 fully saturated rings. The fraction of sp³-hybridized carbons (Fsp3) is 0.471. The maximum absolute atomic E-state index is 11.9. The molecule has 0 radical (unpaired) electrons. The summed E-state index contributed by atoms with van der Waals surface area (Å²) in [5.41, 5.74) is 7.69. The highest BCUT2D eigenvalue weighted by molar-refractivity contribution is 5.99. The van der Waals surface area contributed by atoms with Crippen LogP contribution in [0.4, 0.5) is 0 Å². The number of esters is 1. The largest absolute Gasteiger partial charge is 0.448 e. The van der Waals surface area contributed by atoms with Crippen LogP contribution in [0.5, 0.6) is 0 Å². The van der Waals surface area contributed by atoms with Gasteiger partial charge in [0.25, 0.3) is 5.91 Å². The van der Waals surface area contributed by atoms with Gasteiger partial charge in [-0.25, -0.2) is 4.79 Å². The van der Waals surface area contributed by atoms with Gasteiger partial charge in [-0.15, -0.1) is 0 Å². The van der Waals surface area contributed by atoms with Crippen molar-refractivity contribution in [3.63, 3.8) is 0 Å². The molecule has 23 heavy (non-hydrogen) atoms. The molecule has 0 aliphatic carbocycles. The standard InChI is InChI=1S/C17H23N3O3/c1-10(2)9-20-11(3)6-14(12(20)4)7-15(8-18)17(22)23-13(5)16(19)21/h6-7,10,13H,9H2,1-5H3,(H2,19,21)/b15-7+. The summed E-state index contributed by atoms with van der Waals surface area (Å²) in [5, 5.41) is 9.18. The van der Waals surface area contributed by atoms with Gasteiger partial charge in [-0.1, -0.05) is 13.8 Å². The molecule has 0 saturated heterocycles. The van der Waals surface area contributed by atoms with Crippen molar-refractivity contribution in [2.24, 2.45) is 11.7 Å². The number of rotatable bonds is 6. The smallest absolute Gasteiger partial charge is 0.349 e. The van der Waals surface area contributed by atoms with Crippen molar-refractivity contribution in [3.05, 3.63) is 28.6 Å². The Labute approximate surface area is 136 Å². The number of nitrogens with zero attached hydrogens (tertiary/aromatic N) is 2. The van der Waals surface area contributed by atoms with Gasteiger partial charge in [-0.3, -0.25) is 4.79 Å². The summed E-state index contributed by atoms with van der Waals surface area (Å²) in [4.78, 5) is 22.9. The van der Waals surface area contributed by atoms with E-state index in [9.17, 15) is 14.9 Å². The molecule has 1 heterocycles. The van der Waals surface area contributed by atoms with E-state index in [-0.39, 0.29) is 5.57 Å². The van der Waals surface area contributed by atoms with E-state index in [4.69, 9.17) is 10.5 Å². The van der Waals surface area contributed by atoms with Crippen LogP contribution < -0.4 is 5.73 Å². The van der Waals surface area contributed by atoms with Gasteiger partial charge < -0.3 is 15.0 Å². The molecule has 0 saturated carbocycles. The molecule has 0 bridgehead atoms. The van der Waals surface area contributed by atoms with E-state index in [1.165, 1.54) is 13.0 Å². The van der Waals surface area contributed by atoms with Crippen molar-refractivity contribution in [1.82, 2.24) is 4.57 Å². The lowest BCUT2D eigenvalue weighted by Gasteiger charge is -2.12. The van der Waals surface area contributed by atoms with Gasteiger partial charge in [0.15, 0.2) is 6.10 Å². The average Bonchev–Trinajstić information content (AvgIpc) is 2.71. The first-order valence-electron chi connectivity index (χ1n) is 7.46. The molecule has 0 aromatic carbocycles. The van der Waals surface area contributed by atoms with Crippen LogP contribution in [-0.2, 0) is 20.9 Å². The van der Waals surface area contributed by atoms with Gasteiger partial charge in [-0.05, 0) is 44.4 Å². The maximum Gasteiger partial charge on any atom is 0.349 e. The Morgan fingerprint density at radius 1 is 1.39 bits per heavy atom. The van der Waals surface area contributed by atoms with Crippen LogP contribution in [0, 0.1) is 31.1 Å². The molecule has 1 rings (SSSR count). The number of primary amides is 1.